The van der Waals surface area contributed by atoms with Gasteiger partial charge in [-0.2, -0.15) is 11.3 Å². The van der Waals surface area contributed by atoms with E-state index in [1.165, 1.54) is 0 Å². The number of halogens is 1. The SMILES string of the molecule is Cl.O=C(NCCN1CCNCC1)c1ccsc1. The molecule has 2 heterocycles. The molecule has 1 aromatic rings. The first-order valence-electron chi connectivity index (χ1n) is 5.60. The summed E-state index contributed by atoms with van der Waals surface area (Å²) in [5, 5.41) is 10.0. The molecule has 2 rings (SSSR count). The molecule has 0 bridgehead atoms. The average molecular weight is 276 g/mol. The van der Waals surface area contributed by atoms with Crippen LogP contribution in [0.25, 0.3) is 0 Å². The Morgan fingerprint density at radius 1 is 1.47 bits per heavy atom. The van der Waals surface area contributed by atoms with E-state index < -0.39 is 0 Å². The van der Waals surface area contributed by atoms with E-state index in [0.29, 0.717) is 0 Å². The van der Waals surface area contributed by atoms with Crippen LogP contribution in [-0.4, -0.2) is 50.1 Å². The van der Waals surface area contributed by atoms with E-state index in [1.807, 2.05) is 16.8 Å². The van der Waals surface area contributed by atoms with E-state index in [4.69, 9.17) is 0 Å². The van der Waals surface area contributed by atoms with Gasteiger partial charge in [0.05, 0.1) is 0 Å². The summed E-state index contributed by atoms with van der Waals surface area (Å²) < 4.78 is 0. The summed E-state index contributed by atoms with van der Waals surface area (Å²) in [5.41, 5.74) is 0.769. The smallest absolute Gasteiger partial charge is 0.252 e. The van der Waals surface area contributed by atoms with Gasteiger partial charge in [-0.1, -0.05) is 0 Å². The Hall–Kier alpha value is -0.620. The van der Waals surface area contributed by atoms with E-state index in [1.54, 1.807) is 11.3 Å². The first-order chi connectivity index (χ1) is 7.86. The highest BCUT2D eigenvalue weighted by Crippen LogP contribution is 2.04. The maximum atomic E-state index is 11.6. The number of hydrogen-bond acceptors (Lipinski definition) is 4. The molecule has 1 fully saturated rings. The Labute approximate surface area is 112 Å². The molecule has 0 radical (unpaired) electrons. The zero-order chi connectivity index (χ0) is 11.2. The molecule has 1 aromatic heterocycles. The van der Waals surface area contributed by atoms with Crippen LogP contribution in [0.15, 0.2) is 16.8 Å². The number of nitrogens with zero attached hydrogens (tertiary/aromatic N) is 1. The highest BCUT2D eigenvalue weighted by atomic mass is 35.5. The number of carbonyl (C=O) groups excluding carboxylic acids is 1. The van der Waals surface area contributed by atoms with Gasteiger partial charge >= 0.3 is 0 Å². The van der Waals surface area contributed by atoms with Gasteiger partial charge in [0.1, 0.15) is 0 Å². The second-order valence-corrected chi connectivity index (χ2v) is 4.64. The summed E-state index contributed by atoms with van der Waals surface area (Å²) in [7, 11) is 0. The molecule has 0 aromatic carbocycles. The minimum absolute atomic E-state index is 0. The molecule has 0 saturated carbocycles. The maximum absolute atomic E-state index is 11.6. The van der Waals surface area contributed by atoms with Gasteiger partial charge in [0.25, 0.3) is 5.91 Å². The molecular weight excluding hydrogens is 258 g/mol. The lowest BCUT2D eigenvalue weighted by Gasteiger charge is -2.27. The lowest BCUT2D eigenvalue weighted by Crippen LogP contribution is -2.46. The molecule has 17 heavy (non-hydrogen) atoms. The van der Waals surface area contributed by atoms with Crippen molar-refractivity contribution < 1.29 is 4.79 Å². The minimum Gasteiger partial charge on any atom is -0.351 e. The molecule has 1 saturated heterocycles. The van der Waals surface area contributed by atoms with E-state index in [0.717, 1.165) is 44.8 Å². The van der Waals surface area contributed by atoms with Gasteiger partial charge in [-0.15, -0.1) is 12.4 Å². The zero-order valence-electron chi connectivity index (χ0n) is 9.65. The molecule has 0 spiro atoms. The third-order valence-electron chi connectivity index (χ3n) is 2.71. The molecule has 0 atom stereocenters. The third-order valence-corrected chi connectivity index (χ3v) is 3.39. The Balaban J connectivity index is 0.00000144. The van der Waals surface area contributed by atoms with E-state index >= 15 is 0 Å². The van der Waals surface area contributed by atoms with Crippen LogP contribution in [0.2, 0.25) is 0 Å². The fourth-order valence-electron chi connectivity index (χ4n) is 1.76. The topological polar surface area (TPSA) is 44.4 Å². The normalized spacial score (nSPS) is 16.2. The fourth-order valence-corrected chi connectivity index (χ4v) is 2.39. The number of nitrogens with one attached hydrogen (secondary N) is 2. The van der Waals surface area contributed by atoms with Crippen molar-refractivity contribution in [2.75, 3.05) is 39.3 Å². The minimum atomic E-state index is 0. The van der Waals surface area contributed by atoms with Crippen LogP contribution in [0.1, 0.15) is 10.4 Å². The van der Waals surface area contributed by atoms with E-state index in [-0.39, 0.29) is 18.3 Å². The number of rotatable bonds is 4. The van der Waals surface area contributed by atoms with E-state index in [2.05, 4.69) is 15.5 Å². The zero-order valence-corrected chi connectivity index (χ0v) is 11.3. The Morgan fingerprint density at radius 2 is 2.24 bits per heavy atom. The van der Waals surface area contributed by atoms with Crippen molar-refractivity contribution in [2.45, 2.75) is 0 Å². The molecular formula is C11H18ClN3OS. The Morgan fingerprint density at radius 3 is 2.88 bits per heavy atom. The van der Waals surface area contributed by atoms with Crippen LogP contribution in [-0.2, 0) is 0 Å². The number of thiophene rings is 1. The molecule has 1 aliphatic heterocycles. The van der Waals surface area contributed by atoms with E-state index in [9.17, 15) is 4.79 Å². The third kappa shape index (κ3) is 4.63. The number of carbonyl (C=O) groups is 1. The average Bonchev–Trinajstić information content (AvgIpc) is 2.84. The monoisotopic (exact) mass is 275 g/mol. The van der Waals surface area contributed by atoms with Gasteiger partial charge in [-0.25, -0.2) is 0 Å². The van der Waals surface area contributed by atoms with Crippen LogP contribution in [0, 0.1) is 0 Å². The predicted molar refractivity (Wildman–Crippen MR) is 73.2 cm³/mol. The molecule has 96 valence electrons. The van der Waals surface area contributed by atoms with Crippen molar-refractivity contribution in [3.05, 3.63) is 22.4 Å². The Kier molecular flexibility index (Phi) is 6.50. The van der Waals surface area contributed by atoms with Gasteiger partial charge in [-0.3, -0.25) is 9.69 Å². The van der Waals surface area contributed by atoms with Gasteiger partial charge in [-0.05, 0) is 11.4 Å². The number of amides is 1. The van der Waals surface area contributed by atoms with Crippen LogP contribution >= 0.6 is 23.7 Å². The molecule has 1 amide bonds. The van der Waals surface area contributed by atoms with Crippen molar-refractivity contribution in [2.24, 2.45) is 0 Å². The second-order valence-electron chi connectivity index (χ2n) is 3.86. The highest BCUT2D eigenvalue weighted by Gasteiger charge is 2.10. The van der Waals surface area contributed by atoms with Gasteiger partial charge in [0.15, 0.2) is 0 Å². The summed E-state index contributed by atoms with van der Waals surface area (Å²) in [5.74, 6) is 0.0383. The lowest BCUT2D eigenvalue weighted by atomic mass is 10.3. The number of piperazine rings is 1. The molecule has 1 aliphatic rings. The van der Waals surface area contributed by atoms with Gasteiger partial charge in [0.2, 0.25) is 0 Å². The second kappa shape index (κ2) is 7.66. The summed E-state index contributed by atoms with van der Waals surface area (Å²) >= 11 is 1.55. The molecule has 0 aliphatic carbocycles. The molecule has 2 N–H and O–H groups in total. The Bertz CT molecular complexity index is 325. The molecule has 6 heteroatoms. The summed E-state index contributed by atoms with van der Waals surface area (Å²) in [6.07, 6.45) is 0. The van der Waals surface area contributed by atoms with Crippen molar-refractivity contribution in [3.8, 4) is 0 Å². The first-order valence-corrected chi connectivity index (χ1v) is 6.54. The number of hydrogen-bond donors (Lipinski definition) is 2. The van der Waals surface area contributed by atoms with Crippen LogP contribution < -0.4 is 10.6 Å². The van der Waals surface area contributed by atoms with Crippen molar-refractivity contribution >= 4 is 29.7 Å². The quantitative estimate of drug-likeness (QED) is 0.855. The van der Waals surface area contributed by atoms with Gasteiger partial charge < -0.3 is 10.6 Å². The standard InChI is InChI=1S/C11H17N3OS.ClH/c15-11(10-1-8-16-9-10)13-4-7-14-5-2-12-3-6-14;/h1,8-9,12H,2-7H2,(H,13,15);1H. The summed E-state index contributed by atoms with van der Waals surface area (Å²) in [6, 6.07) is 1.85. The highest BCUT2D eigenvalue weighted by molar-refractivity contribution is 7.08. The predicted octanol–water partition coefficient (Wildman–Crippen LogP) is 0.805. The maximum Gasteiger partial charge on any atom is 0.252 e. The van der Waals surface area contributed by atoms with Gasteiger partial charge in [0, 0.05) is 50.2 Å². The van der Waals surface area contributed by atoms with Crippen LogP contribution in [0.5, 0.6) is 0 Å². The van der Waals surface area contributed by atoms with Crippen LogP contribution in [0.4, 0.5) is 0 Å². The molecule has 0 unspecified atom stereocenters. The van der Waals surface area contributed by atoms with Crippen molar-refractivity contribution in [1.82, 2.24) is 15.5 Å². The largest absolute Gasteiger partial charge is 0.351 e. The van der Waals surface area contributed by atoms with Crippen molar-refractivity contribution in [1.29, 1.82) is 0 Å². The summed E-state index contributed by atoms with van der Waals surface area (Å²) in [6.45, 7) is 5.94. The first kappa shape index (κ1) is 14.4. The van der Waals surface area contributed by atoms with Crippen LogP contribution in [0.3, 0.4) is 0 Å². The lowest BCUT2D eigenvalue weighted by molar-refractivity contribution is 0.0948. The molecule has 4 nitrogen and oxygen atoms in total. The summed E-state index contributed by atoms with van der Waals surface area (Å²) in [4.78, 5) is 14.0. The fraction of sp³-hybridized carbons (Fsp3) is 0.545. The van der Waals surface area contributed by atoms with Crippen molar-refractivity contribution in [3.63, 3.8) is 0 Å².